The number of ether oxygens (including phenoxy) is 2. The average molecular weight is 477 g/mol. The van der Waals surface area contributed by atoms with E-state index in [9.17, 15) is 0 Å². The number of anilines is 2. The Morgan fingerprint density at radius 1 is 1.15 bits per heavy atom. The van der Waals surface area contributed by atoms with E-state index >= 15 is 0 Å². The lowest BCUT2D eigenvalue weighted by Gasteiger charge is -2.23. The second kappa shape index (κ2) is 10.6. The number of rotatable bonds is 8. The van der Waals surface area contributed by atoms with E-state index in [0.717, 1.165) is 60.1 Å². The zero-order chi connectivity index (χ0) is 23.2. The first-order valence-electron chi connectivity index (χ1n) is 11.2. The Balaban J connectivity index is 1.23. The Bertz CT molecular complexity index is 1220. The molecule has 1 aliphatic rings. The summed E-state index contributed by atoms with van der Waals surface area (Å²) in [7, 11) is 0. The van der Waals surface area contributed by atoms with E-state index in [-0.39, 0.29) is 6.10 Å². The highest BCUT2D eigenvalue weighted by molar-refractivity contribution is 6.30. The molecule has 2 aromatic heterocycles. The van der Waals surface area contributed by atoms with Gasteiger partial charge in [0.2, 0.25) is 5.95 Å². The van der Waals surface area contributed by atoms with Crippen molar-refractivity contribution in [3.05, 3.63) is 72.0 Å². The lowest BCUT2D eigenvalue weighted by Crippen LogP contribution is -2.39. The molecule has 0 spiro atoms. The SMILES string of the molecule is Clc1cccc(-c2[nH]ncc2-c2ccnc(Nc3ccc(OCCC4CNCCO4)cc3)n2)c1. The number of hydrogen-bond donors (Lipinski definition) is 3. The van der Waals surface area contributed by atoms with Crippen LogP contribution in [0, 0.1) is 0 Å². The van der Waals surface area contributed by atoms with Crippen LogP contribution in [0.25, 0.3) is 22.5 Å². The Morgan fingerprint density at radius 2 is 2.06 bits per heavy atom. The fraction of sp³-hybridized carbons (Fsp3) is 0.240. The molecule has 174 valence electrons. The molecule has 0 radical (unpaired) electrons. The van der Waals surface area contributed by atoms with Crippen molar-refractivity contribution in [2.24, 2.45) is 0 Å². The van der Waals surface area contributed by atoms with Gasteiger partial charge in [0.25, 0.3) is 0 Å². The summed E-state index contributed by atoms with van der Waals surface area (Å²) < 4.78 is 11.6. The van der Waals surface area contributed by atoms with Crippen LogP contribution in [-0.2, 0) is 4.74 Å². The lowest BCUT2D eigenvalue weighted by atomic mass is 10.1. The maximum Gasteiger partial charge on any atom is 0.227 e. The van der Waals surface area contributed by atoms with Crippen LogP contribution in [0.2, 0.25) is 5.02 Å². The molecular weight excluding hydrogens is 452 g/mol. The zero-order valence-electron chi connectivity index (χ0n) is 18.5. The molecule has 9 heteroatoms. The van der Waals surface area contributed by atoms with Gasteiger partial charge in [0.1, 0.15) is 5.75 Å². The number of nitrogens with zero attached hydrogens (tertiary/aromatic N) is 3. The van der Waals surface area contributed by atoms with Gasteiger partial charge in [-0.15, -0.1) is 0 Å². The molecule has 1 saturated heterocycles. The summed E-state index contributed by atoms with van der Waals surface area (Å²) in [6.07, 6.45) is 4.55. The van der Waals surface area contributed by atoms with Gasteiger partial charge in [-0.3, -0.25) is 5.10 Å². The molecule has 0 amide bonds. The predicted molar refractivity (Wildman–Crippen MR) is 133 cm³/mol. The van der Waals surface area contributed by atoms with Crippen molar-refractivity contribution >= 4 is 23.2 Å². The van der Waals surface area contributed by atoms with Crippen LogP contribution in [0.5, 0.6) is 5.75 Å². The maximum absolute atomic E-state index is 6.16. The summed E-state index contributed by atoms with van der Waals surface area (Å²) in [4.78, 5) is 9.04. The van der Waals surface area contributed by atoms with Crippen molar-refractivity contribution in [2.75, 3.05) is 31.6 Å². The van der Waals surface area contributed by atoms with Crippen LogP contribution in [-0.4, -0.2) is 52.6 Å². The molecule has 1 unspecified atom stereocenters. The quantitative estimate of drug-likeness (QED) is 0.339. The fourth-order valence-electron chi connectivity index (χ4n) is 3.79. The van der Waals surface area contributed by atoms with E-state index in [1.807, 2.05) is 54.6 Å². The van der Waals surface area contributed by atoms with E-state index in [2.05, 4.69) is 30.8 Å². The molecule has 34 heavy (non-hydrogen) atoms. The third kappa shape index (κ3) is 5.53. The molecule has 1 aliphatic heterocycles. The summed E-state index contributed by atoms with van der Waals surface area (Å²) in [5.41, 5.74) is 4.28. The third-order valence-electron chi connectivity index (χ3n) is 5.51. The molecule has 2 aromatic carbocycles. The van der Waals surface area contributed by atoms with Crippen molar-refractivity contribution in [3.63, 3.8) is 0 Å². The van der Waals surface area contributed by atoms with Crippen molar-refractivity contribution in [3.8, 4) is 28.3 Å². The summed E-state index contributed by atoms with van der Waals surface area (Å²) in [6, 6.07) is 17.2. The van der Waals surface area contributed by atoms with E-state index in [1.165, 1.54) is 0 Å². The number of morpholine rings is 1. The van der Waals surface area contributed by atoms with Gasteiger partial charge in [-0.1, -0.05) is 23.7 Å². The van der Waals surface area contributed by atoms with Crippen LogP contribution >= 0.6 is 11.6 Å². The highest BCUT2D eigenvalue weighted by atomic mass is 35.5. The monoisotopic (exact) mass is 476 g/mol. The van der Waals surface area contributed by atoms with Crippen molar-refractivity contribution < 1.29 is 9.47 Å². The van der Waals surface area contributed by atoms with Gasteiger partial charge in [0.15, 0.2) is 0 Å². The van der Waals surface area contributed by atoms with Gasteiger partial charge >= 0.3 is 0 Å². The fourth-order valence-corrected chi connectivity index (χ4v) is 3.98. The second-order valence-corrected chi connectivity index (χ2v) is 8.35. The van der Waals surface area contributed by atoms with Crippen LogP contribution in [0.15, 0.2) is 67.0 Å². The largest absolute Gasteiger partial charge is 0.493 e. The third-order valence-corrected chi connectivity index (χ3v) is 5.74. The number of nitrogens with one attached hydrogen (secondary N) is 3. The molecule has 4 aromatic rings. The van der Waals surface area contributed by atoms with Gasteiger partial charge < -0.3 is 20.1 Å². The Hall–Kier alpha value is -3.46. The van der Waals surface area contributed by atoms with E-state index < -0.39 is 0 Å². The number of hydrogen-bond acceptors (Lipinski definition) is 7. The summed E-state index contributed by atoms with van der Waals surface area (Å²) in [5, 5.41) is 14.5. The molecule has 5 rings (SSSR count). The molecule has 0 saturated carbocycles. The molecule has 3 N–H and O–H groups in total. The van der Waals surface area contributed by atoms with Gasteiger partial charge in [-0.05, 0) is 42.5 Å². The number of halogens is 1. The molecular formula is C25H25ClN6O2. The average Bonchev–Trinajstić information content (AvgIpc) is 3.36. The minimum absolute atomic E-state index is 0.216. The summed E-state index contributed by atoms with van der Waals surface area (Å²) in [5.74, 6) is 1.31. The molecule has 8 nitrogen and oxygen atoms in total. The number of aromatic amines is 1. The van der Waals surface area contributed by atoms with Gasteiger partial charge in [-0.2, -0.15) is 5.10 Å². The highest BCUT2D eigenvalue weighted by Gasteiger charge is 2.14. The van der Waals surface area contributed by atoms with Crippen LogP contribution in [0.1, 0.15) is 6.42 Å². The first-order valence-corrected chi connectivity index (χ1v) is 11.6. The number of aromatic nitrogens is 4. The standard InChI is InChI=1S/C25H25ClN6O2/c26-18-3-1-2-17(14-18)24-22(16-29-32-24)23-8-10-28-25(31-23)30-19-4-6-20(7-5-19)33-12-9-21-15-27-11-13-34-21/h1-8,10,14,16,21,27H,9,11-13,15H2,(H,29,32)(H,28,30,31). The molecule has 3 heterocycles. The van der Waals surface area contributed by atoms with E-state index in [4.69, 9.17) is 21.1 Å². The van der Waals surface area contributed by atoms with Gasteiger partial charge in [-0.25, -0.2) is 9.97 Å². The van der Waals surface area contributed by atoms with Gasteiger partial charge in [0, 0.05) is 47.5 Å². The Kier molecular flexibility index (Phi) is 6.99. The smallest absolute Gasteiger partial charge is 0.227 e. The first-order chi connectivity index (χ1) is 16.7. The van der Waals surface area contributed by atoms with Crippen LogP contribution in [0.3, 0.4) is 0 Å². The zero-order valence-corrected chi connectivity index (χ0v) is 19.3. The normalized spacial score (nSPS) is 15.7. The molecule has 0 bridgehead atoms. The number of benzene rings is 2. The van der Waals surface area contributed by atoms with Crippen molar-refractivity contribution in [1.29, 1.82) is 0 Å². The maximum atomic E-state index is 6.16. The summed E-state index contributed by atoms with van der Waals surface area (Å²) in [6.45, 7) is 3.18. The highest BCUT2D eigenvalue weighted by Crippen LogP contribution is 2.30. The molecule has 0 aliphatic carbocycles. The Labute approximate surface area is 202 Å². The number of H-pyrrole nitrogens is 1. The minimum Gasteiger partial charge on any atom is -0.493 e. The van der Waals surface area contributed by atoms with Crippen LogP contribution in [0.4, 0.5) is 11.6 Å². The molecule has 1 atom stereocenters. The topological polar surface area (TPSA) is 97.0 Å². The van der Waals surface area contributed by atoms with Crippen LogP contribution < -0.4 is 15.4 Å². The van der Waals surface area contributed by atoms with E-state index in [1.54, 1.807) is 12.4 Å². The Morgan fingerprint density at radius 3 is 2.88 bits per heavy atom. The van der Waals surface area contributed by atoms with Gasteiger partial charge in [0.05, 0.1) is 36.9 Å². The van der Waals surface area contributed by atoms with Crippen molar-refractivity contribution in [2.45, 2.75) is 12.5 Å². The van der Waals surface area contributed by atoms with Crippen molar-refractivity contribution in [1.82, 2.24) is 25.5 Å². The lowest BCUT2D eigenvalue weighted by molar-refractivity contribution is 0.0159. The predicted octanol–water partition coefficient (Wildman–Crippen LogP) is 4.69. The first kappa shape index (κ1) is 22.3. The minimum atomic E-state index is 0.216. The summed E-state index contributed by atoms with van der Waals surface area (Å²) >= 11 is 6.16. The van der Waals surface area contributed by atoms with E-state index in [0.29, 0.717) is 17.6 Å². The molecule has 1 fully saturated rings. The second-order valence-electron chi connectivity index (χ2n) is 7.92.